The average Bonchev–Trinajstić information content (AvgIpc) is 2.68. The van der Waals surface area contributed by atoms with E-state index in [-0.39, 0.29) is 23.9 Å². The summed E-state index contributed by atoms with van der Waals surface area (Å²) in [6, 6.07) is 0. The standard InChI is InChI=1S/C12H18N2O4S/c1-4-18-6-5-13-11(16)8(2)14-10(15)7-9(19-3)12(14)17/h9H,2,4-7H2,1,3H3,(H,13,16). The molecule has 0 aromatic rings. The molecule has 1 unspecified atom stereocenters. The zero-order chi connectivity index (χ0) is 14.4. The highest BCUT2D eigenvalue weighted by Gasteiger charge is 2.41. The maximum atomic E-state index is 11.9. The molecule has 1 N–H and O–H groups in total. The lowest BCUT2D eigenvalue weighted by Crippen LogP contribution is -2.39. The topological polar surface area (TPSA) is 75.7 Å². The van der Waals surface area contributed by atoms with Crippen molar-refractivity contribution in [1.82, 2.24) is 10.2 Å². The monoisotopic (exact) mass is 286 g/mol. The Morgan fingerprint density at radius 1 is 1.58 bits per heavy atom. The highest BCUT2D eigenvalue weighted by molar-refractivity contribution is 8.00. The Labute approximate surface area is 116 Å². The Hall–Kier alpha value is -1.34. The number of imide groups is 1. The molecule has 0 saturated carbocycles. The van der Waals surface area contributed by atoms with Gasteiger partial charge in [-0.15, -0.1) is 0 Å². The predicted octanol–water partition coefficient (Wildman–Crippen LogP) is 0.143. The van der Waals surface area contributed by atoms with E-state index in [0.717, 1.165) is 4.90 Å². The molecule has 1 heterocycles. The number of carbonyl (C=O) groups excluding carboxylic acids is 3. The van der Waals surface area contributed by atoms with Crippen LogP contribution in [-0.2, 0) is 19.1 Å². The average molecular weight is 286 g/mol. The van der Waals surface area contributed by atoms with Gasteiger partial charge in [-0.3, -0.25) is 14.4 Å². The number of ether oxygens (including phenoxy) is 1. The minimum atomic E-state index is -0.525. The van der Waals surface area contributed by atoms with Crippen LogP contribution in [0.25, 0.3) is 0 Å². The summed E-state index contributed by atoms with van der Waals surface area (Å²) in [5.74, 6) is -1.28. The first-order valence-corrected chi connectivity index (χ1v) is 7.26. The minimum absolute atomic E-state index is 0.116. The van der Waals surface area contributed by atoms with Crippen LogP contribution in [0.3, 0.4) is 0 Å². The molecule has 1 aliphatic heterocycles. The van der Waals surface area contributed by atoms with Gasteiger partial charge >= 0.3 is 0 Å². The lowest BCUT2D eigenvalue weighted by molar-refractivity contribution is -0.138. The highest BCUT2D eigenvalue weighted by Crippen LogP contribution is 2.25. The van der Waals surface area contributed by atoms with E-state index in [4.69, 9.17) is 4.74 Å². The van der Waals surface area contributed by atoms with Crippen molar-refractivity contribution in [3.05, 3.63) is 12.3 Å². The van der Waals surface area contributed by atoms with Gasteiger partial charge in [-0.1, -0.05) is 6.58 Å². The Morgan fingerprint density at radius 2 is 2.26 bits per heavy atom. The fourth-order valence-corrected chi connectivity index (χ4v) is 2.27. The largest absolute Gasteiger partial charge is 0.380 e. The van der Waals surface area contributed by atoms with Crippen molar-refractivity contribution in [2.24, 2.45) is 0 Å². The smallest absolute Gasteiger partial charge is 0.267 e. The van der Waals surface area contributed by atoms with Gasteiger partial charge in [0.2, 0.25) is 11.8 Å². The van der Waals surface area contributed by atoms with Gasteiger partial charge in [-0.25, -0.2) is 4.90 Å². The van der Waals surface area contributed by atoms with Gasteiger partial charge in [0.15, 0.2) is 0 Å². The van der Waals surface area contributed by atoms with Crippen LogP contribution < -0.4 is 5.32 Å². The second-order valence-electron chi connectivity index (χ2n) is 3.90. The first-order valence-electron chi connectivity index (χ1n) is 5.97. The molecule has 0 aromatic carbocycles. The summed E-state index contributed by atoms with van der Waals surface area (Å²) in [5.41, 5.74) is -0.122. The Balaban J connectivity index is 2.55. The van der Waals surface area contributed by atoms with Gasteiger partial charge in [-0.05, 0) is 13.2 Å². The van der Waals surface area contributed by atoms with Gasteiger partial charge < -0.3 is 10.1 Å². The zero-order valence-corrected chi connectivity index (χ0v) is 11.9. The molecule has 0 aliphatic carbocycles. The second kappa shape index (κ2) is 7.30. The zero-order valence-electron chi connectivity index (χ0n) is 11.1. The van der Waals surface area contributed by atoms with E-state index in [2.05, 4.69) is 11.9 Å². The highest BCUT2D eigenvalue weighted by atomic mass is 32.2. The Bertz CT molecular complexity index is 397. The lowest BCUT2D eigenvalue weighted by atomic mass is 10.4. The normalized spacial score (nSPS) is 18.8. The second-order valence-corrected chi connectivity index (χ2v) is 4.94. The Kier molecular flexibility index (Phi) is 6.04. The fourth-order valence-electron chi connectivity index (χ4n) is 1.66. The number of amides is 3. The minimum Gasteiger partial charge on any atom is -0.380 e. The summed E-state index contributed by atoms with van der Waals surface area (Å²) in [5, 5.41) is 2.14. The third kappa shape index (κ3) is 3.81. The van der Waals surface area contributed by atoms with Crippen LogP contribution in [0, 0.1) is 0 Å². The number of rotatable bonds is 7. The van der Waals surface area contributed by atoms with Crippen molar-refractivity contribution in [3.63, 3.8) is 0 Å². The number of likely N-dealkylation sites (tertiary alicyclic amines) is 1. The molecule has 0 aromatic heterocycles. The maximum Gasteiger partial charge on any atom is 0.267 e. The van der Waals surface area contributed by atoms with E-state index in [9.17, 15) is 14.4 Å². The molecule has 1 fully saturated rings. The molecule has 0 spiro atoms. The molecular formula is C12H18N2O4S. The molecule has 1 atom stereocenters. The predicted molar refractivity (Wildman–Crippen MR) is 72.4 cm³/mol. The molecule has 1 saturated heterocycles. The van der Waals surface area contributed by atoms with Gasteiger partial charge in [0.05, 0.1) is 11.9 Å². The van der Waals surface area contributed by atoms with Crippen LogP contribution >= 0.6 is 11.8 Å². The number of nitrogens with zero attached hydrogens (tertiary/aromatic N) is 1. The van der Waals surface area contributed by atoms with Crippen LogP contribution in [0.4, 0.5) is 0 Å². The number of hydrogen-bond acceptors (Lipinski definition) is 5. The van der Waals surface area contributed by atoms with Crippen molar-refractivity contribution in [2.45, 2.75) is 18.6 Å². The quantitative estimate of drug-likeness (QED) is 0.409. The molecule has 106 valence electrons. The number of hydrogen-bond donors (Lipinski definition) is 1. The number of nitrogens with one attached hydrogen (secondary N) is 1. The summed E-state index contributed by atoms with van der Waals surface area (Å²) in [7, 11) is 0. The lowest BCUT2D eigenvalue weighted by Gasteiger charge is -2.16. The molecule has 19 heavy (non-hydrogen) atoms. The van der Waals surface area contributed by atoms with Crippen LogP contribution in [0.5, 0.6) is 0 Å². The summed E-state index contributed by atoms with van der Waals surface area (Å²) in [6.45, 7) is 6.64. The molecule has 3 amide bonds. The van der Waals surface area contributed by atoms with Crippen molar-refractivity contribution in [3.8, 4) is 0 Å². The van der Waals surface area contributed by atoms with Crippen molar-refractivity contribution in [1.29, 1.82) is 0 Å². The van der Waals surface area contributed by atoms with Crippen molar-refractivity contribution < 1.29 is 19.1 Å². The van der Waals surface area contributed by atoms with Crippen molar-refractivity contribution >= 4 is 29.5 Å². The summed E-state index contributed by atoms with van der Waals surface area (Å²) >= 11 is 1.30. The summed E-state index contributed by atoms with van der Waals surface area (Å²) < 4.78 is 5.07. The van der Waals surface area contributed by atoms with Crippen LogP contribution in [0.15, 0.2) is 12.3 Å². The fraction of sp³-hybridized carbons (Fsp3) is 0.583. The van der Waals surface area contributed by atoms with Crippen LogP contribution in [-0.4, -0.2) is 53.9 Å². The van der Waals surface area contributed by atoms with E-state index in [0.29, 0.717) is 19.8 Å². The molecule has 1 aliphatic rings. The van der Waals surface area contributed by atoms with Gasteiger partial charge in [-0.2, -0.15) is 11.8 Å². The Morgan fingerprint density at radius 3 is 2.79 bits per heavy atom. The third-order valence-electron chi connectivity index (χ3n) is 2.66. The van der Waals surface area contributed by atoms with Gasteiger partial charge in [0.1, 0.15) is 5.70 Å². The van der Waals surface area contributed by atoms with E-state index in [1.807, 2.05) is 6.92 Å². The molecule has 1 rings (SSSR count). The van der Waals surface area contributed by atoms with Gasteiger partial charge in [0, 0.05) is 19.6 Å². The number of carbonyl (C=O) groups is 3. The first-order chi connectivity index (χ1) is 9.02. The van der Waals surface area contributed by atoms with E-state index in [1.165, 1.54) is 11.8 Å². The first kappa shape index (κ1) is 15.7. The van der Waals surface area contributed by atoms with Gasteiger partial charge in [0.25, 0.3) is 5.91 Å². The number of thioether (sulfide) groups is 1. The maximum absolute atomic E-state index is 11.9. The summed E-state index contributed by atoms with van der Waals surface area (Å²) in [6.07, 6.45) is 1.87. The molecule has 0 radical (unpaired) electrons. The molecule has 0 bridgehead atoms. The van der Waals surface area contributed by atoms with Crippen molar-refractivity contribution in [2.75, 3.05) is 26.0 Å². The van der Waals surface area contributed by atoms with Crippen LogP contribution in [0.1, 0.15) is 13.3 Å². The molecule has 7 heteroatoms. The molecule has 6 nitrogen and oxygen atoms in total. The van der Waals surface area contributed by atoms with E-state index in [1.54, 1.807) is 6.26 Å². The SMILES string of the molecule is C=C(C(=O)NCCOCC)N1C(=O)CC(SC)C1=O. The molecular weight excluding hydrogens is 268 g/mol. The van der Waals surface area contributed by atoms with Crippen LogP contribution in [0.2, 0.25) is 0 Å². The third-order valence-corrected chi connectivity index (χ3v) is 3.60. The van der Waals surface area contributed by atoms with E-state index >= 15 is 0 Å². The summed E-state index contributed by atoms with van der Waals surface area (Å²) in [4.78, 5) is 36.2. The van der Waals surface area contributed by atoms with E-state index < -0.39 is 11.2 Å².